The van der Waals surface area contributed by atoms with E-state index in [4.69, 9.17) is 4.74 Å². The molecule has 1 aromatic carbocycles. The maximum Gasteiger partial charge on any atom is 0.258 e. The summed E-state index contributed by atoms with van der Waals surface area (Å²) in [5, 5.41) is 0. The molecule has 1 atom stereocenters. The molecule has 1 fully saturated rings. The summed E-state index contributed by atoms with van der Waals surface area (Å²) in [6.07, 6.45) is 4.52. The van der Waals surface area contributed by atoms with Crippen LogP contribution >= 0.6 is 0 Å². The number of anilines is 1. The molecule has 1 aliphatic heterocycles. The van der Waals surface area contributed by atoms with E-state index in [-0.39, 0.29) is 11.0 Å². The maximum atomic E-state index is 12.5. The van der Waals surface area contributed by atoms with Gasteiger partial charge in [0.25, 0.3) is 5.56 Å². The highest BCUT2D eigenvalue weighted by Gasteiger charge is 2.29. The number of hydrogen-bond acceptors (Lipinski definition) is 4. The first-order valence-corrected chi connectivity index (χ1v) is 9.46. The lowest BCUT2D eigenvalue weighted by atomic mass is 9.93. The quantitative estimate of drug-likeness (QED) is 0.680. The van der Waals surface area contributed by atoms with Crippen molar-refractivity contribution < 1.29 is 4.74 Å². The molecule has 0 aliphatic carbocycles. The molecule has 1 radical (unpaired) electrons. The fourth-order valence-electron chi connectivity index (χ4n) is 3.43. The van der Waals surface area contributed by atoms with Crippen LogP contribution in [-0.4, -0.2) is 22.6 Å². The van der Waals surface area contributed by atoms with Gasteiger partial charge >= 0.3 is 0 Å². The van der Waals surface area contributed by atoms with Crippen LogP contribution in [0.5, 0.6) is 5.75 Å². The first-order chi connectivity index (χ1) is 13.5. The number of rotatable bonds is 5. The average molecular weight is 374 g/mol. The molecule has 3 heterocycles. The Labute approximate surface area is 165 Å². The minimum Gasteiger partial charge on any atom is -0.489 e. The molecule has 1 unspecified atom stereocenters. The highest BCUT2D eigenvalue weighted by Crippen LogP contribution is 2.31. The van der Waals surface area contributed by atoms with Gasteiger partial charge in [-0.05, 0) is 42.5 Å². The Morgan fingerprint density at radius 1 is 1.18 bits per heavy atom. The number of hydrogen-bond donors (Lipinski definition) is 0. The van der Waals surface area contributed by atoms with E-state index in [2.05, 4.69) is 23.7 Å². The molecule has 1 aliphatic rings. The van der Waals surface area contributed by atoms with Crippen LogP contribution in [0.15, 0.2) is 71.8 Å². The standard InChI is InChI=1S/C23H24N3O2/c1-23(2)11-13-25(17-23)21-9-8-19(15-24-21)26-12-10-20(14-22(26)27)28-16-18-6-4-3-5-7-18/h3-10,12,14-15H,1,11,13,16-17H2,2H3. The van der Waals surface area contributed by atoms with E-state index >= 15 is 0 Å². The second kappa shape index (κ2) is 7.50. The largest absolute Gasteiger partial charge is 0.489 e. The molecule has 3 aromatic rings. The Hall–Kier alpha value is -3.08. The van der Waals surface area contributed by atoms with Crippen molar-refractivity contribution in [1.29, 1.82) is 0 Å². The molecule has 143 valence electrons. The van der Waals surface area contributed by atoms with Gasteiger partial charge in [-0.25, -0.2) is 4.98 Å². The van der Waals surface area contributed by atoms with E-state index in [0.29, 0.717) is 12.4 Å². The lowest BCUT2D eigenvalue weighted by molar-refractivity contribution is 0.305. The normalized spacial score (nSPS) is 15.6. The van der Waals surface area contributed by atoms with Crippen molar-refractivity contribution in [3.8, 4) is 11.4 Å². The molecular weight excluding hydrogens is 350 g/mol. The molecule has 28 heavy (non-hydrogen) atoms. The summed E-state index contributed by atoms with van der Waals surface area (Å²) in [7, 11) is 0. The van der Waals surface area contributed by atoms with Crippen LogP contribution < -0.4 is 15.2 Å². The second-order valence-electron chi connectivity index (χ2n) is 7.70. The molecule has 0 amide bonds. The van der Waals surface area contributed by atoms with E-state index in [0.717, 1.165) is 36.6 Å². The number of ether oxygens (including phenoxy) is 1. The molecular formula is C23H24N3O2. The van der Waals surface area contributed by atoms with Gasteiger partial charge in [-0.3, -0.25) is 9.36 Å². The Bertz CT molecular complexity index is 994. The fourth-order valence-corrected chi connectivity index (χ4v) is 3.43. The van der Waals surface area contributed by atoms with Gasteiger partial charge in [-0.15, -0.1) is 0 Å². The van der Waals surface area contributed by atoms with Gasteiger partial charge in [0.15, 0.2) is 0 Å². The topological polar surface area (TPSA) is 47.4 Å². The van der Waals surface area contributed by atoms with Crippen molar-refractivity contribution >= 4 is 5.82 Å². The van der Waals surface area contributed by atoms with E-state index in [1.807, 2.05) is 42.5 Å². The van der Waals surface area contributed by atoms with Crippen molar-refractivity contribution in [2.24, 2.45) is 5.41 Å². The van der Waals surface area contributed by atoms with Crippen molar-refractivity contribution in [3.63, 3.8) is 0 Å². The van der Waals surface area contributed by atoms with E-state index in [1.165, 1.54) is 6.07 Å². The summed E-state index contributed by atoms with van der Waals surface area (Å²) in [5.74, 6) is 1.48. The number of benzene rings is 1. The highest BCUT2D eigenvalue weighted by atomic mass is 16.5. The van der Waals surface area contributed by atoms with E-state index in [1.54, 1.807) is 23.0 Å². The van der Waals surface area contributed by atoms with Gasteiger partial charge in [-0.2, -0.15) is 0 Å². The van der Waals surface area contributed by atoms with E-state index in [9.17, 15) is 4.79 Å². The van der Waals surface area contributed by atoms with Crippen molar-refractivity contribution in [3.05, 3.63) is 89.8 Å². The molecule has 0 spiro atoms. The van der Waals surface area contributed by atoms with Crippen LogP contribution in [0.2, 0.25) is 0 Å². The third-order valence-corrected chi connectivity index (χ3v) is 5.03. The predicted molar refractivity (Wildman–Crippen MR) is 111 cm³/mol. The summed E-state index contributed by atoms with van der Waals surface area (Å²) < 4.78 is 7.30. The van der Waals surface area contributed by atoms with Crippen LogP contribution in [-0.2, 0) is 6.61 Å². The third kappa shape index (κ3) is 4.09. The SMILES string of the molecule is [CH2]C1(C)CCN(c2ccc(-n3ccc(OCc4ccccc4)cc3=O)cn2)C1. The van der Waals surface area contributed by atoms with Gasteiger partial charge in [0.1, 0.15) is 18.2 Å². The minimum atomic E-state index is -0.147. The van der Waals surface area contributed by atoms with Crippen LogP contribution in [0.4, 0.5) is 5.82 Å². The summed E-state index contributed by atoms with van der Waals surface area (Å²) in [6, 6.07) is 17.1. The second-order valence-corrected chi connectivity index (χ2v) is 7.70. The van der Waals surface area contributed by atoms with Gasteiger partial charge in [0.05, 0.1) is 11.9 Å². The zero-order valence-electron chi connectivity index (χ0n) is 16.0. The summed E-state index contributed by atoms with van der Waals surface area (Å²) >= 11 is 0. The third-order valence-electron chi connectivity index (χ3n) is 5.03. The summed E-state index contributed by atoms with van der Waals surface area (Å²) in [6.45, 7) is 8.69. The molecule has 0 saturated carbocycles. The van der Waals surface area contributed by atoms with Crippen molar-refractivity contribution in [2.45, 2.75) is 20.0 Å². The lowest BCUT2D eigenvalue weighted by Gasteiger charge is -2.20. The smallest absolute Gasteiger partial charge is 0.258 e. The van der Waals surface area contributed by atoms with Gasteiger partial charge in [0, 0.05) is 25.4 Å². The fraction of sp³-hybridized carbons (Fsp3) is 0.261. The molecule has 0 bridgehead atoms. The van der Waals surface area contributed by atoms with Gasteiger partial charge in [0.2, 0.25) is 0 Å². The van der Waals surface area contributed by atoms with Crippen LogP contribution in [0.1, 0.15) is 18.9 Å². The monoisotopic (exact) mass is 374 g/mol. The van der Waals surface area contributed by atoms with Crippen molar-refractivity contribution in [1.82, 2.24) is 9.55 Å². The summed E-state index contributed by atoms with van der Waals surface area (Å²) in [4.78, 5) is 19.3. The number of aromatic nitrogens is 2. The average Bonchev–Trinajstić information content (AvgIpc) is 3.07. The Kier molecular flexibility index (Phi) is 4.90. The number of pyridine rings is 2. The van der Waals surface area contributed by atoms with Gasteiger partial charge < -0.3 is 9.64 Å². The molecule has 5 heteroatoms. The number of nitrogens with zero attached hydrogens (tertiary/aromatic N) is 3. The Morgan fingerprint density at radius 2 is 2.00 bits per heavy atom. The molecule has 4 rings (SSSR count). The van der Waals surface area contributed by atoms with E-state index < -0.39 is 0 Å². The lowest BCUT2D eigenvalue weighted by Crippen LogP contribution is -2.24. The van der Waals surface area contributed by atoms with Gasteiger partial charge in [-0.1, -0.05) is 37.3 Å². The van der Waals surface area contributed by atoms with Crippen LogP contribution in [0.3, 0.4) is 0 Å². The highest BCUT2D eigenvalue weighted by molar-refractivity contribution is 5.45. The minimum absolute atomic E-state index is 0.0763. The Morgan fingerprint density at radius 3 is 2.64 bits per heavy atom. The maximum absolute atomic E-state index is 12.5. The zero-order chi connectivity index (χ0) is 19.6. The molecule has 0 N–H and O–H groups in total. The zero-order valence-corrected chi connectivity index (χ0v) is 16.0. The van der Waals surface area contributed by atoms with Crippen LogP contribution in [0, 0.1) is 12.3 Å². The molecule has 2 aromatic heterocycles. The first kappa shape index (κ1) is 18.3. The summed E-state index contributed by atoms with van der Waals surface area (Å²) in [5.41, 5.74) is 1.73. The molecule has 5 nitrogen and oxygen atoms in total. The van der Waals surface area contributed by atoms with Crippen LogP contribution in [0.25, 0.3) is 5.69 Å². The Balaban J connectivity index is 1.46. The molecule has 1 saturated heterocycles. The first-order valence-electron chi connectivity index (χ1n) is 9.46. The predicted octanol–water partition coefficient (Wildman–Crippen LogP) is 3.86. The van der Waals surface area contributed by atoms with Crippen molar-refractivity contribution in [2.75, 3.05) is 18.0 Å².